The average Bonchev–Trinajstić information content (AvgIpc) is 2.70. The van der Waals surface area contributed by atoms with Crippen molar-refractivity contribution in [1.29, 1.82) is 0 Å². The maximum Gasteiger partial charge on any atom is 0.281 e. The van der Waals surface area contributed by atoms with Gasteiger partial charge in [-0.05, 0) is 18.6 Å². The van der Waals surface area contributed by atoms with Gasteiger partial charge in [0.05, 0.1) is 18.7 Å². The number of carbonyl (C=O) groups is 1. The first kappa shape index (κ1) is 9.02. The Morgan fingerprint density at radius 1 is 1.43 bits per heavy atom. The van der Waals surface area contributed by atoms with Crippen molar-refractivity contribution in [2.45, 2.75) is 6.42 Å². The Balaban J connectivity index is 2.22. The molecule has 0 bridgehead atoms. The Hall–Kier alpha value is -1.55. The fourth-order valence-electron chi connectivity index (χ4n) is 1.40. The second-order valence-corrected chi connectivity index (χ2v) is 3.11. The molecule has 1 aromatic rings. The van der Waals surface area contributed by atoms with Crippen molar-refractivity contribution >= 4 is 5.91 Å². The van der Waals surface area contributed by atoms with E-state index in [2.05, 4.69) is 0 Å². The maximum absolute atomic E-state index is 11.7. The highest BCUT2D eigenvalue weighted by molar-refractivity contribution is 5.96. The molecule has 1 aromatic carbocycles. The Kier molecular flexibility index (Phi) is 2.37. The van der Waals surface area contributed by atoms with Gasteiger partial charge in [-0.3, -0.25) is 9.63 Å². The Morgan fingerprint density at radius 3 is 2.86 bits per heavy atom. The first-order valence-corrected chi connectivity index (χ1v) is 4.52. The molecule has 1 amide bonds. The van der Waals surface area contributed by atoms with Crippen molar-refractivity contribution in [2.24, 2.45) is 0 Å². The van der Waals surface area contributed by atoms with Gasteiger partial charge in [-0.15, -0.1) is 0 Å². The Morgan fingerprint density at radius 2 is 2.21 bits per heavy atom. The Labute approximate surface area is 81.7 Å². The summed E-state index contributed by atoms with van der Waals surface area (Å²) in [5.74, 6) is -0.284. The zero-order valence-electron chi connectivity index (χ0n) is 7.64. The lowest BCUT2D eigenvalue weighted by molar-refractivity contribution is -0.0769. The van der Waals surface area contributed by atoms with Crippen molar-refractivity contribution in [3.05, 3.63) is 29.8 Å². The number of hydroxylamine groups is 2. The number of amides is 1. The van der Waals surface area contributed by atoms with Crippen LogP contribution in [0, 0.1) is 0 Å². The number of nitrogens with zero attached hydrogens (tertiary/aromatic N) is 1. The molecule has 4 heteroatoms. The molecule has 1 N–H and O–H groups in total. The van der Waals surface area contributed by atoms with Gasteiger partial charge in [-0.2, -0.15) is 0 Å². The number of benzene rings is 1. The number of hydrogen-bond acceptors (Lipinski definition) is 3. The first-order chi connectivity index (χ1) is 6.79. The smallest absolute Gasteiger partial charge is 0.281 e. The van der Waals surface area contributed by atoms with Gasteiger partial charge in [-0.1, -0.05) is 12.1 Å². The van der Waals surface area contributed by atoms with Crippen LogP contribution in [0.15, 0.2) is 24.3 Å². The number of aromatic hydroxyl groups is 1. The predicted octanol–water partition coefficient (Wildman–Crippen LogP) is 1.17. The van der Waals surface area contributed by atoms with Crippen LogP contribution in [0.25, 0.3) is 0 Å². The van der Waals surface area contributed by atoms with Crippen molar-refractivity contribution in [3.8, 4) is 5.75 Å². The molecule has 14 heavy (non-hydrogen) atoms. The zero-order chi connectivity index (χ0) is 9.97. The molecule has 1 fully saturated rings. The molecule has 0 atom stereocenters. The topological polar surface area (TPSA) is 49.8 Å². The van der Waals surface area contributed by atoms with E-state index in [-0.39, 0.29) is 17.2 Å². The molecule has 0 aliphatic carbocycles. The van der Waals surface area contributed by atoms with Gasteiger partial charge >= 0.3 is 0 Å². The minimum absolute atomic E-state index is 0.00648. The standard InChI is InChI=1S/C10H11NO3/c12-9-5-2-1-4-8(9)10(13)11-6-3-7-14-11/h1-2,4-5,12H,3,6-7H2. The molecule has 1 saturated heterocycles. The van der Waals surface area contributed by atoms with Crippen molar-refractivity contribution in [3.63, 3.8) is 0 Å². The van der Waals surface area contributed by atoms with E-state index in [0.717, 1.165) is 6.42 Å². The van der Waals surface area contributed by atoms with Gasteiger partial charge in [0, 0.05) is 0 Å². The van der Waals surface area contributed by atoms with Gasteiger partial charge in [0.25, 0.3) is 5.91 Å². The van der Waals surface area contributed by atoms with E-state index in [4.69, 9.17) is 4.84 Å². The number of phenolic OH excluding ortho intramolecular Hbond substituents is 1. The maximum atomic E-state index is 11.7. The van der Waals surface area contributed by atoms with Crippen molar-refractivity contribution in [2.75, 3.05) is 13.2 Å². The van der Waals surface area contributed by atoms with E-state index >= 15 is 0 Å². The quantitative estimate of drug-likeness (QED) is 0.728. The predicted molar refractivity (Wildman–Crippen MR) is 49.7 cm³/mol. The monoisotopic (exact) mass is 193 g/mol. The second-order valence-electron chi connectivity index (χ2n) is 3.11. The average molecular weight is 193 g/mol. The van der Waals surface area contributed by atoms with Gasteiger partial charge in [-0.25, -0.2) is 5.06 Å². The van der Waals surface area contributed by atoms with Crippen LogP contribution in [0.4, 0.5) is 0 Å². The lowest BCUT2D eigenvalue weighted by Crippen LogP contribution is -2.26. The van der Waals surface area contributed by atoms with Gasteiger partial charge < -0.3 is 5.11 Å². The third-order valence-electron chi connectivity index (χ3n) is 2.11. The minimum atomic E-state index is -0.277. The SMILES string of the molecule is O=C(c1ccccc1O)N1CCCO1. The molecule has 0 radical (unpaired) electrons. The third kappa shape index (κ3) is 1.56. The lowest BCUT2D eigenvalue weighted by atomic mass is 10.2. The molecule has 2 rings (SSSR count). The highest BCUT2D eigenvalue weighted by Gasteiger charge is 2.22. The molecule has 1 aliphatic rings. The molecule has 1 heterocycles. The van der Waals surface area contributed by atoms with E-state index in [1.54, 1.807) is 18.2 Å². The fraction of sp³-hybridized carbons (Fsp3) is 0.300. The summed E-state index contributed by atoms with van der Waals surface area (Å²) in [4.78, 5) is 16.8. The van der Waals surface area contributed by atoms with Gasteiger partial charge in [0.2, 0.25) is 0 Å². The number of phenols is 1. The van der Waals surface area contributed by atoms with E-state index in [1.165, 1.54) is 11.1 Å². The summed E-state index contributed by atoms with van der Waals surface area (Å²) in [5.41, 5.74) is 0.286. The summed E-state index contributed by atoms with van der Waals surface area (Å²) in [6.45, 7) is 1.16. The number of para-hydroxylation sites is 1. The van der Waals surface area contributed by atoms with Crippen molar-refractivity contribution in [1.82, 2.24) is 5.06 Å². The highest BCUT2D eigenvalue weighted by Crippen LogP contribution is 2.19. The van der Waals surface area contributed by atoms with Crippen LogP contribution in [0.5, 0.6) is 5.75 Å². The van der Waals surface area contributed by atoms with Crippen LogP contribution in [-0.2, 0) is 4.84 Å². The summed E-state index contributed by atoms with van der Waals surface area (Å²) in [6.07, 6.45) is 0.847. The summed E-state index contributed by atoms with van der Waals surface area (Å²) in [7, 11) is 0. The van der Waals surface area contributed by atoms with E-state index < -0.39 is 0 Å². The number of rotatable bonds is 1. The van der Waals surface area contributed by atoms with Crippen LogP contribution < -0.4 is 0 Å². The number of hydrogen-bond donors (Lipinski definition) is 1. The van der Waals surface area contributed by atoms with Crippen LogP contribution in [0.1, 0.15) is 16.8 Å². The molecule has 74 valence electrons. The van der Waals surface area contributed by atoms with E-state index in [1.807, 2.05) is 0 Å². The highest BCUT2D eigenvalue weighted by atomic mass is 16.7. The minimum Gasteiger partial charge on any atom is -0.507 e. The fourth-order valence-corrected chi connectivity index (χ4v) is 1.40. The van der Waals surface area contributed by atoms with E-state index in [9.17, 15) is 9.90 Å². The van der Waals surface area contributed by atoms with Gasteiger partial charge in [0.15, 0.2) is 0 Å². The molecule has 4 nitrogen and oxygen atoms in total. The van der Waals surface area contributed by atoms with Crippen LogP contribution in [0.2, 0.25) is 0 Å². The number of carbonyl (C=O) groups excluding carboxylic acids is 1. The molecular formula is C10H11NO3. The third-order valence-corrected chi connectivity index (χ3v) is 2.11. The van der Waals surface area contributed by atoms with Gasteiger partial charge in [0.1, 0.15) is 5.75 Å². The van der Waals surface area contributed by atoms with E-state index in [0.29, 0.717) is 13.2 Å². The summed E-state index contributed by atoms with van der Waals surface area (Å²) in [6, 6.07) is 6.46. The summed E-state index contributed by atoms with van der Waals surface area (Å²) < 4.78 is 0. The second kappa shape index (κ2) is 3.67. The molecule has 0 aromatic heterocycles. The zero-order valence-corrected chi connectivity index (χ0v) is 7.64. The van der Waals surface area contributed by atoms with Crippen LogP contribution in [-0.4, -0.2) is 29.2 Å². The molecular weight excluding hydrogens is 182 g/mol. The molecule has 0 spiro atoms. The molecule has 0 saturated carbocycles. The van der Waals surface area contributed by atoms with Crippen LogP contribution >= 0.6 is 0 Å². The first-order valence-electron chi connectivity index (χ1n) is 4.52. The Bertz CT molecular complexity index is 345. The largest absolute Gasteiger partial charge is 0.507 e. The molecule has 1 aliphatic heterocycles. The summed E-state index contributed by atoms with van der Waals surface area (Å²) >= 11 is 0. The molecule has 0 unspecified atom stereocenters. The summed E-state index contributed by atoms with van der Waals surface area (Å²) in [5, 5.41) is 10.7. The lowest BCUT2D eigenvalue weighted by Gasteiger charge is -2.14. The normalized spacial score (nSPS) is 15.9. The van der Waals surface area contributed by atoms with Crippen LogP contribution in [0.3, 0.4) is 0 Å². The van der Waals surface area contributed by atoms with Crippen molar-refractivity contribution < 1.29 is 14.7 Å².